The first-order chi connectivity index (χ1) is 13.1. The third-order valence-electron chi connectivity index (χ3n) is 5.03. The largest absolute Gasteiger partial charge is 0.460 e. The van der Waals surface area contributed by atoms with Crippen LogP contribution >= 0.6 is 12.4 Å². The normalized spacial score (nSPS) is 19.1. The van der Waals surface area contributed by atoms with E-state index in [4.69, 9.17) is 4.42 Å². The van der Waals surface area contributed by atoms with Crippen LogP contribution in [0.25, 0.3) is 17.1 Å². The summed E-state index contributed by atoms with van der Waals surface area (Å²) in [6.45, 7) is 4.98. The van der Waals surface area contributed by atoms with Crippen molar-refractivity contribution in [3.63, 3.8) is 0 Å². The SMILES string of the molecule is Cc1ccc(-c2nn(-c3ccccc3)cc2C(=O)NC2CCCNC2C)o1.Cl. The van der Waals surface area contributed by atoms with Crippen molar-refractivity contribution >= 4 is 18.3 Å². The van der Waals surface area contributed by atoms with Gasteiger partial charge in [-0.05, 0) is 57.5 Å². The zero-order valence-electron chi connectivity index (χ0n) is 16.0. The van der Waals surface area contributed by atoms with Gasteiger partial charge in [-0.1, -0.05) is 18.2 Å². The van der Waals surface area contributed by atoms with Crippen LogP contribution in [0, 0.1) is 6.92 Å². The molecule has 0 saturated carbocycles. The van der Waals surface area contributed by atoms with Crippen molar-refractivity contribution < 1.29 is 9.21 Å². The van der Waals surface area contributed by atoms with Crippen molar-refractivity contribution in [3.05, 3.63) is 60.0 Å². The van der Waals surface area contributed by atoms with Crippen molar-refractivity contribution in [1.82, 2.24) is 20.4 Å². The number of carbonyl (C=O) groups is 1. The van der Waals surface area contributed by atoms with E-state index < -0.39 is 0 Å². The number of furan rings is 1. The van der Waals surface area contributed by atoms with Crippen LogP contribution in [0.3, 0.4) is 0 Å². The molecule has 2 aromatic heterocycles. The summed E-state index contributed by atoms with van der Waals surface area (Å²) < 4.78 is 7.48. The predicted molar refractivity (Wildman–Crippen MR) is 111 cm³/mol. The zero-order chi connectivity index (χ0) is 18.8. The number of carbonyl (C=O) groups excluding carboxylic acids is 1. The molecule has 0 aliphatic carbocycles. The van der Waals surface area contributed by atoms with E-state index in [1.165, 1.54) is 0 Å². The fourth-order valence-electron chi connectivity index (χ4n) is 3.48. The van der Waals surface area contributed by atoms with Crippen molar-refractivity contribution in [3.8, 4) is 17.1 Å². The van der Waals surface area contributed by atoms with Gasteiger partial charge in [-0.25, -0.2) is 4.68 Å². The minimum Gasteiger partial charge on any atom is -0.460 e. The van der Waals surface area contributed by atoms with Gasteiger partial charge in [0.25, 0.3) is 5.91 Å². The Bertz CT molecular complexity index is 935. The van der Waals surface area contributed by atoms with Gasteiger partial charge in [-0.15, -0.1) is 12.4 Å². The van der Waals surface area contributed by atoms with Gasteiger partial charge < -0.3 is 15.1 Å². The molecule has 1 aromatic carbocycles. The third kappa shape index (κ3) is 4.13. The first kappa shape index (κ1) is 20.2. The molecule has 1 fully saturated rings. The van der Waals surface area contributed by atoms with Gasteiger partial charge in [0.05, 0.1) is 11.3 Å². The number of halogens is 1. The van der Waals surface area contributed by atoms with Crippen molar-refractivity contribution in [2.45, 2.75) is 38.8 Å². The van der Waals surface area contributed by atoms with E-state index in [2.05, 4.69) is 22.7 Å². The van der Waals surface area contributed by atoms with Gasteiger partial charge in [0.1, 0.15) is 11.5 Å². The molecular formula is C21H25ClN4O2. The number of hydrogen-bond donors (Lipinski definition) is 2. The minimum absolute atomic E-state index is 0. The van der Waals surface area contributed by atoms with E-state index in [0.29, 0.717) is 17.0 Å². The monoisotopic (exact) mass is 400 g/mol. The number of rotatable bonds is 4. The summed E-state index contributed by atoms with van der Waals surface area (Å²) in [5.41, 5.74) is 1.97. The average molecular weight is 401 g/mol. The van der Waals surface area contributed by atoms with Crippen LogP contribution in [0.15, 0.2) is 53.1 Å². The lowest BCUT2D eigenvalue weighted by molar-refractivity contribution is 0.0920. The molecule has 28 heavy (non-hydrogen) atoms. The van der Waals surface area contributed by atoms with E-state index in [1.807, 2.05) is 49.4 Å². The van der Waals surface area contributed by atoms with Crippen molar-refractivity contribution in [2.24, 2.45) is 0 Å². The van der Waals surface area contributed by atoms with Crippen LogP contribution in [0.2, 0.25) is 0 Å². The van der Waals surface area contributed by atoms with E-state index in [-0.39, 0.29) is 30.4 Å². The third-order valence-corrected chi connectivity index (χ3v) is 5.03. The summed E-state index contributed by atoms with van der Waals surface area (Å²) in [5, 5.41) is 11.2. The highest BCUT2D eigenvalue weighted by Gasteiger charge is 2.26. The van der Waals surface area contributed by atoms with E-state index >= 15 is 0 Å². The maximum Gasteiger partial charge on any atom is 0.255 e. The Labute approximate surface area is 170 Å². The molecule has 4 rings (SSSR count). The number of nitrogens with zero attached hydrogens (tertiary/aromatic N) is 2. The summed E-state index contributed by atoms with van der Waals surface area (Å²) in [6.07, 6.45) is 3.81. The topological polar surface area (TPSA) is 72.1 Å². The second kappa shape index (κ2) is 8.63. The van der Waals surface area contributed by atoms with Crippen LogP contribution in [-0.2, 0) is 0 Å². The molecule has 7 heteroatoms. The Balaban J connectivity index is 0.00000225. The molecule has 3 aromatic rings. The van der Waals surface area contributed by atoms with Crippen LogP contribution < -0.4 is 10.6 Å². The minimum atomic E-state index is -0.123. The van der Waals surface area contributed by atoms with Crippen LogP contribution in [0.1, 0.15) is 35.9 Å². The smallest absolute Gasteiger partial charge is 0.255 e. The zero-order valence-corrected chi connectivity index (χ0v) is 16.8. The first-order valence-corrected chi connectivity index (χ1v) is 9.38. The molecule has 148 valence electrons. The second-order valence-electron chi connectivity index (χ2n) is 7.05. The molecule has 0 bridgehead atoms. The molecule has 1 saturated heterocycles. The van der Waals surface area contributed by atoms with Crippen LogP contribution in [0.5, 0.6) is 0 Å². The van der Waals surface area contributed by atoms with Gasteiger partial charge in [0, 0.05) is 18.3 Å². The number of aromatic nitrogens is 2. The van der Waals surface area contributed by atoms with Gasteiger partial charge in [-0.3, -0.25) is 4.79 Å². The van der Waals surface area contributed by atoms with E-state index in [1.54, 1.807) is 10.9 Å². The molecule has 2 unspecified atom stereocenters. The summed E-state index contributed by atoms with van der Waals surface area (Å²) >= 11 is 0. The predicted octanol–water partition coefficient (Wildman–Crippen LogP) is 3.73. The summed E-state index contributed by atoms with van der Waals surface area (Å²) in [7, 11) is 0. The van der Waals surface area contributed by atoms with Crippen LogP contribution in [0.4, 0.5) is 0 Å². The molecule has 0 spiro atoms. The number of benzene rings is 1. The molecule has 2 N–H and O–H groups in total. The lowest BCUT2D eigenvalue weighted by Crippen LogP contribution is -2.51. The van der Waals surface area contributed by atoms with Gasteiger partial charge in [0.15, 0.2) is 5.76 Å². The molecule has 2 atom stereocenters. The Kier molecular flexibility index (Phi) is 6.21. The standard InChI is InChI=1S/C21H24N4O2.ClH/c1-14-10-11-19(27-14)20-17(13-25(24-20)16-7-4-3-5-8-16)21(26)23-18-9-6-12-22-15(18)2;/h3-5,7-8,10-11,13,15,18,22H,6,9,12H2,1-2H3,(H,23,26);1H. The Morgan fingerprint density at radius 1 is 1.25 bits per heavy atom. The molecular weight excluding hydrogens is 376 g/mol. The number of para-hydroxylation sites is 1. The summed E-state index contributed by atoms with van der Waals surface area (Å²) in [5.74, 6) is 1.26. The highest BCUT2D eigenvalue weighted by atomic mass is 35.5. The Hall–Kier alpha value is -2.57. The highest BCUT2D eigenvalue weighted by Crippen LogP contribution is 2.26. The van der Waals surface area contributed by atoms with Crippen molar-refractivity contribution in [2.75, 3.05) is 6.54 Å². The molecule has 1 aliphatic heterocycles. The molecule has 0 radical (unpaired) electrons. The molecule has 6 nitrogen and oxygen atoms in total. The first-order valence-electron chi connectivity index (χ1n) is 9.38. The molecule has 1 aliphatic rings. The van der Waals surface area contributed by atoms with Gasteiger partial charge in [0.2, 0.25) is 0 Å². The number of aryl methyl sites for hydroxylation is 1. The van der Waals surface area contributed by atoms with Crippen LogP contribution in [-0.4, -0.2) is 34.3 Å². The average Bonchev–Trinajstić information content (AvgIpc) is 3.31. The fraction of sp³-hybridized carbons (Fsp3) is 0.333. The molecule has 1 amide bonds. The molecule has 3 heterocycles. The summed E-state index contributed by atoms with van der Waals surface area (Å²) in [4.78, 5) is 13.1. The Morgan fingerprint density at radius 2 is 2.04 bits per heavy atom. The number of piperidine rings is 1. The summed E-state index contributed by atoms with van der Waals surface area (Å²) in [6, 6.07) is 13.9. The quantitative estimate of drug-likeness (QED) is 0.699. The van der Waals surface area contributed by atoms with Gasteiger partial charge >= 0.3 is 0 Å². The lowest BCUT2D eigenvalue weighted by Gasteiger charge is -2.30. The van der Waals surface area contributed by atoms with Crippen molar-refractivity contribution in [1.29, 1.82) is 0 Å². The fourth-order valence-corrected chi connectivity index (χ4v) is 3.48. The number of hydrogen-bond acceptors (Lipinski definition) is 4. The van der Waals surface area contributed by atoms with E-state index in [0.717, 1.165) is 30.8 Å². The highest BCUT2D eigenvalue weighted by molar-refractivity contribution is 5.99. The maximum absolute atomic E-state index is 13.1. The lowest BCUT2D eigenvalue weighted by atomic mass is 9.99. The second-order valence-corrected chi connectivity index (χ2v) is 7.05. The Morgan fingerprint density at radius 3 is 2.71 bits per heavy atom. The van der Waals surface area contributed by atoms with Gasteiger partial charge in [-0.2, -0.15) is 5.10 Å². The number of amides is 1. The van der Waals surface area contributed by atoms with E-state index in [9.17, 15) is 4.79 Å². The number of nitrogens with one attached hydrogen (secondary N) is 2. The maximum atomic E-state index is 13.1.